The fraction of sp³-hybridized carbons (Fsp3) is 0.111. The number of aromatic carboxylic acids is 2. The molecule has 0 fully saturated rings. The van der Waals surface area contributed by atoms with Gasteiger partial charge in [0.25, 0.3) is 5.56 Å². The van der Waals surface area contributed by atoms with E-state index in [4.69, 9.17) is 0 Å². The van der Waals surface area contributed by atoms with E-state index in [0.717, 1.165) is 16.9 Å². The maximum atomic E-state index is 12.7. The molecular weight excluding hydrogens is 849 g/mol. The van der Waals surface area contributed by atoms with E-state index < -0.39 is 48.7 Å². The number of aromatic nitrogens is 4. The number of primary sulfonamides is 1. The summed E-state index contributed by atoms with van der Waals surface area (Å²) >= 11 is 0. The van der Waals surface area contributed by atoms with Crippen molar-refractivity contribution in [2.75, 3.05) is 14.1 Å². The molecule has 2 heterocycles. The number of para-hydroxylation sites is 2. The molecule has 2 aromatic heterocycles. The molecule has 0 bridgehead atoms. The van der Waals surface area contributed by atoms with Crippen molar-refractivity contribution < 1.29 is 63.8 Å². The van der Waals surface area contributed by atoms with Gasteiger partial charge >= 0.3 is 27.2 Å². The Morgan fingerprint density at radius 2 is 1.29 bits per heavy atom. The Morgan fingerprint density at radius 3 is 1.83 bits per heavy atom. The number of carboxylic acid groups (broad SMARTS) is 2. The molecule has 6 rings (SSSR count). The zero-order valence-corrected chi connectivity index (χ0v) is 34.3. The zero-order valence-electron chi connectivity index (χ0n) is 31.4. The van der Waals surface area contributed by atoms with Crippen molar-refractivity contribution >= 4 is 54.7 Å². The van der Waals surface area contributed by atoms with E-state index in [0.29, 0.717) is 22.8 Å². The minimum atomic E-state index is -3.85. The van der Waals surface area contributed by atoms with E-state index in [1.165, 1.54) is 47.7 Å². The van der Waals surface area contributed by atoms with Crippen LogP contribution in [0.4, 0.5) is 22.7 Å². The molecule has 6 aromatic rings. The first kappa shape index (κ1) is 45.1. The van der Waals surface area contributed by atoms with Gasteiger partial charge in [-0.3, -0.25) is 19.8 Å². The molecule has 0 aliphatic carbocycles. The number of hydrogen-bond donors (Lipinski definition) is 6. The summed E-state index contributed by atoms with van der Waals surface area (Å²) in [4.78, 5) is 47.8. The Morgan fingerprint density at radius 1 is 0.763 bits per heavy atom. The Hall–Kier alpha value is -6.61. The first-order valence-electron chi connectivity index (χ1n) is 16.8. The molecule has 0 aliphatic heterocycles. The van der Waals surface area contributed by atoms with Gasteiger partial charge in [-0.25, -0.2) is 32.0 Å². The third-order valence-electron chi connectivity index (χ3n) is 8.29. The number of aryl methyl sites for hydroxylation is 2. The summed E-state index contributed by atoms with van der Waals surface area (Å²) in [7, 11) is -4.99. The fourth-order valence-electron chi connectivity index (χ4n) is 5.22. The van der Waals surface area contributed by atoms with Gasteiger partial charge in [0, 0.05) is 22.9 Å². The van der Waals surface area contributed by atoms with E-state index in [-0.39, 0.29) is 55.5 Å². The minimum absolute atomic E-state index is 0. The van der Waals surface area contributed by atoms with Crippen LogP contribution in [0.2, 0.25) is 0 Å². The predicted molar refractivity (Wildman–Crippen MR) is 205 cm³/mol. The number of H-pyrrole nitrogens is 2. The van der Waals surface area contributed by atoms with Gasteiger partial charge in [0.1, 0.15) is 16.3 Å². The van der Waals surface area contributed by atoms with E-state index in [1.807, 2.05) is 12.1 Å². The van der Waals surface area contributed by atoms with Crippen molar-refractivity contribution in [3.63, 3.8) is 0 Å². The summed E-state index contributed by atoms with van der Waals surface area (Å²) in [5.74, 6) is -2.97. The molecular formula is C36H35CrN10O10S2+. The van der Waals surface area contributed by atoms with Gasteiger partial charge in [-0.2, -0.15) is 8.42 Å². The van der Waals surface area contributed by atoms with E-state index in [1.54, 1.807) is 62.4 Å². The third-order valence-corrected chi connectivity index (χ3v) is 11.2. The number of nitrogens with zero attached hydrogens (tertiary/aromatic N) is 5. The largest absolute Gasteiger partial charge is 0.545 e. The molecule has 4 aromatic carbocycles. The molecule has 0 unspecified atom stereocenters. The van der Waals surface area contributed by atoms with Crippen LogP contribution >= 0.6 is 0 Å². The van der Waals surface area contributed by atoms with Gasteiger partial charge in [-0.05, 0) is 86.7 Å². The van der Waals surface area contributed by atoms with Crippen molar-refractivity contribution in [1.82, 2.24) is 24.3 Å². The van der Waals surface area contributed by atoms with Gasteiger partial charge in [0.15, 0.2) is 5.69 Å². The van der Waals surface area contributed by atoms with E-state index >= 15 is 0 Å². The fourth-order valence-corrected chi connectivity index (χ4v) is 6.79. The molecule has 0 aliphatic rings. The number of benzene rings is 4. The summed E-state index contributed by atoms with van der Waals surface area (Å²) < 4.78 is 53.3. The summed E-state index contributed by atoms with van der Waals surface area (Å²) in [6, 6.07) is 24.6. The minimum Gasteiger partial charge on any atom is -0.545 e. The van der Waals surface area contributed by atoms with E-state index in [2.05, 4.69) is 35.4 Å². The average Bonchev–Trinajstić information content (AvgIpc) is 3.67. The normalized spacial score (nSPS) is 11.6. The molecule has 0 spiro atoms. The molecule has 0 atom stereocenters. The Labute approximate surface area is 346 Å². The summed E-state index contributed by atoms with van der Waals surface area (Å²) in [5, 5.41) is 41.0. The number of sulfonamides is 2. The Balaban J connectivity index is 0.000000256. The van der Waals surface area contributed by atoms with Gasteiger partial charge in [0.05, 0.1) is 46.2 Å². The van der Waals surface area contributed by atoms with Crippen LogP contribution in [0.3, 0.4) is 0 Å². The predicted octanol–water partition coefficient (Wildman–Crippen LogP) is 0.709. The number of nitrogens with two attached hydrogens (primary N) is 1. The smallest absolute Gasteiger partial charge is 0.345 e. The first-order valence-corrected chi connectivity index (χ1v) is 19.8. The van der Waals surface area contributed by atoms with Crippen LogP contribution in [0.1, 0.15) is 32.1 Å². The molecule has 0 saturated heterocycles. The molecule has 0 amide bonds. The molecule has 7 N–H and O–H groups in total. The van der Waals surface area contributed by atoms with Crippen LogP contribution in [0, 0.1) is 13.8 Å². The molecule has 59 heavy (non-hydrogen) atoms. The second-order valence-electron chi connectivity index (χ2n) is 12.0. The number of nitrogens with one attached hydrogen (secondary N) is 4. The molecule has 0 saturated carbocycles. The second-order valence-corrected chi connectivity index (χ2v) is 15.9. The Kier molecular flexibility index (Phi) is 14.3. The number of aromatic amines is 2. The standard InChI is InChI=1S/2C18H17N5O5S.Cr/c2*1-11-16(17(24)23(22-11)12-6-4-3-5-7-12)21-20-15-9-8-13(29(27,28)19-2)10-14(15)18(25)26;/h2*3-10,19,22H,1-2H3,(H,25,26);/p+1. The molecule has 20 nitrogen and oxygen atoms in total. The van der Waals surface area contributed by atoms with Crippen molar-refractivity contribution in [1.29, 1.82) is 0 Å². The number of quaternary nitrogens is 1. The number of azo groups is 2. The van der Waals surface area contributed by atoms with Crippen LogP contribution < -0.4 is 30.8 Å². The van der Waals surface area contributed by atoms with Gasteiger partial charge in [0.2, 0.25) is 10.0 Å². The topological polar surface area (TPSA) is 301 Å². The van der Waals surface area contributed by atoms with Crippen molar-refractivity contribution in [3.8, 4) is 11.4 Å². The number of rotatable bonds is 12. The second kappa shape index (κ2) is 18.8. The number of carbonyl (C=O) groups is 2. The summed E-state index contributed by atoms with van der Waals surface area (Å²) in [6.45, 7) is 3.29. The first-order chi connectivity index (χ1) is 27.5. The third kappa shape index (κ3) is 10.1. The summed E-state index contributed by atoms with van der Waals surface area (Å²) in [6.07, 6.45) is 0. The van der Waals surface area contributed by atoms with Crippen LogP contribution in [0.15, 0.2) is 132 Å². The average molecular weight is 884 g/mol. The van der Waals surface area contributed by atoms with E-state index in [9.17, 15) is 46.2 Å². The van der Waals surface area contributed by atoms with Crippen LogP contribution in [0.5, 0.6) is 0 Å². The van der Waals surface area contributed by atoms with Gasteiger partial charge < -0.3 is 15.0 Å². The monoisotopic (exact) mass is 883 g/mol. The number of carbonyl (C=O) groups excluding carboxylic acids is 1. The molecule has 0 radical (unpaired) electrons. The number of carboxylic acids is 2. The van der Waals surface area contributed by atoms with Crippen LogP contribution in [-0.2, 0) is 37.4 Å². The number of hydrogen-bond acceptors (Lipinski definition) is 12. The quantitative estimate of drug-likeness (QED) is 0.0936. The van der Waals surface area contributed by atoms with Crippen molar-refractivity contribution in [2.45, 2.75) is 23.6 Å². The van der Waals surface area contributed by atoms with Crippen LogP contribution in [-0.4, -0.2) is 67.5 Å². The van der Waals surface area contributed by atoms with Crippen molar-refractivity contribution in [3.05, 3.63) is 140 Å². The van der Waals surface area contributed by atoms with Gasteiger partial charge in [-0.15, -0.1) is 10.2 Å². The van der Waals surface area contributed by atoms with Gasteiger partial charge in [-0.1, -0.05) is 41.5 Å². The Bertz CT molecular complexity index is 2730. The summed E-state index contributed by atoms with van der Waals surface area (Å²) in [5.41, 5.74) is 0.476. The molecule has 23 heteroatoms. The maximum Gasteiger partial charge on any atom is 0.345 e. The zero-order chi connectivity index (χ0) is 42.4. The van der Waals surface area contributed by atoms with Crippen LogP contribution in [0.25, 0.3) is 11.4 Å². The molecule has 306 valence electrons. The van der Waals surface area contributed by atoms with Crippen molar-refractivity contribution in [2.24, 2.45) is 15.3 Å². The SMILES string of the molecule is CNS(=O)(=O)c1ccc(N=Nc2c(C)[nH]n(-c3ccccc3)c2=O)c(C(=O)[O-])c1.C[NH2+]S(=O)(=O)c1ccc(N=[NH+]c2c(C)[nH]n(-c3ccccc3)c2=O)c(C(=O)O)c1.[Cr]. The maximum absolute atomic E-state index is 12.7.